The summed E-state index contributed by atoms with van der Waals surface area (Å²) in [6.07, 6.45) is 3.42. The lowest BCUT2D eigenvalue weighted by Crippen LogP contribution is -2.32. The minimum atomic E-state index is -3.59. The van der Waals surface area contributed by atoms with Crippen molar-refractivity contribution in [3.63, 3.8) is 0 Å². The monoisotopic (exact) mass is 402 g/mol. The van der Waals surface area contributed by atoms with Crippen molar-refractivity contribution in [3.8, 4) is 11.5 Å². The number of fused-ring (bicyclic) bond motifs is 2. The van der Waals surface area contributed by atoms with Gasteiger partial charge in [0, 0.05) is 18.9 Å². The molecule has 1 amide bonds. The number of hydrogen-bond acceptors (Lipinski definition) is 6. The molecular weight excluding hydrogens is 384 g/mol. The zero-order valence-electron chi connectivity index (χ0n) is 14.8. The zero-order chi connectivity index (χ0) is 19.6. The SMILES string of the molecule is O=C(Cc1ccc2c(c1)OCO2)NCCS(=O)(=O)Nc1ccn2nccc2c1. The van der Waals surface area contributed by atoms with Gasteiger partial charge in [0.1, 0.15) is 0 Å². The van der Waals surface area contributed by atoms with E-state index in [-0.39, 0.29) is 31.4 Å². The Balaban J connectivity index is 1.28. The number of aromatic nitrogens is 2. The fourth-order valence-electron chi connectivity index (χ4n) is 2.84. The standard InChI is InChI=1S/C18H18N4O5S/c23-18(10-13-1-2-16-17(9-13)27-12-26-16)19-6-8-28(24,25)21-14-4-7-22-15(11-14)3-5-20-22/h1-5,7,9,11,21H,6,8,10,12H2,(H,19,23). The Labute approximate surface area is 161 Å². The number of nitrogens with one attached hydrogen (secondary N) is 2. The van der Waals surface area contributed by atoms with Gasteiger partial charge in [-0.25, -0.2) is 12.9 Å². The fourth-order valence-corrected chi connectivity index (χ4v) is 3.80. The van der Waals surface area contributed by atoms with E-state index in [1.807, 2.05) is 0 Å². The lowest BCUT2D eigenvalue weighted by molar-refractivity contribution is -0.120. The predicted octanol–water partition coefficient (Wildman–Crippen LogP) is 1.16. The minimum absolute atomic E-state index is 0.00758. The Morgan fingerprint density at radius 1 is 1.14 bits per heavy atom. The molecule has 28 heavy (non-hydrogen) atoms. The maximum Gasteiger partial charge on any atom is 0.234 e. The molecule has 0 atom stereocenters. The minimum Gasteiger partial charge on any atom is -0.454 e. The highest BCUT2D eigenvalue weighted by Crippen LogP contribution is 2.32. The van der Waals surface area contributed by atoms with E-state index in [2.05, 4.69) is 15.1 Å². The van der Waals surface area contributed by atoms with Gasteiger partial charge in [0.25, 0.3) is 0 Å². The average Bonchev–Trinajstić information content (AvgIpc) is 3.29. The van der Waals surface area contributed by atoms with Gasteiger partial charge in [0.05, 0.1) is 23.4 Å². The molecule has 1 aromatic carbocycles. The van der Waals surface area contributed by atoms with E-state index < -0.39 is 10.0 Å². The van der Waals surface area contributed by atoms with E-state index in [1.165, 1.54) is 0 Å². The Kier molecular flexibility index (Phi) is 4.78. The number of pyridine rings is 1. The predicted molar refractivity (Wildman–Crippen MR) is 102 cm³/mol. The highest BCUT2D eigenvalue weighted by molar-refractivity contribution is 7.92. The van der Waals surface area contributed by atoms with Crippen molar-refractivity contribution >= 4 is 27.1 Å². The first-order chi connectivity index (χ1) is 13.5. The second kappa shape index (κ2) is 7.39. The van der Waals surface area contributed by atoms with Gasteiger partial charge >= 0.3 is 0 Å². The first-order valence-electron chi connectivity index (χ1n) is 8.58. The van der Waals surface area contributed by atoms with Gasteiger partial charge in [-0.05, 0) is 35.9 Å². The third-order valence-corrected chi connectivity index (χ3v) is 5.46. The van der Waals surface area contributed by atoms with Crippen molar-refractivity contribution in [1.29, 1.82) is 0 Å². The van der Waals surface area contributed by atoms with Crippen LogP contribution in [0, 0.1) is 0 Å². The topological polar surface area (TPSA) is 111 Å². The molecule has 4 rings (SSSR count). The second-order valence-electron chi connectivity index (χ2n) is 6.25. The number of hydrogen-bond donors (Lipinski definition) is 2. The zero-order valence-corrected chi connectivity index (χ0v) is 15.6. The van der Waals surface area contributed by atoms with Gasteiger partial charge in [-0.3, -0.25) is 9.52 Å². The summed E-state index contributed by atoms with van der Waals surface area (Å²) in [5, 5.41) is 6.68. The molecule has 2 aromatic heterocycles. The number of amides is 1. The van der Waals surface area contributed by atoms with Crippen molar-refractivity contribution in [1.82, 2.24) is 14.9 Å². The Hall–Kier alpha value is -3.27. The van der Waals surface area contributed by atoms with Gasteiger partial charge in [0.2, 0.25) is 22.7 Å². The number of rotatable bonds is 7. The normalized spacial score (nSPS) is 12.9. The van der Waals surface area contributed by atoms with Crippen LogP contribution >= 0.6 is 0 Å². The molecule has 0 saturated heterocycles. The van der Waals surface area contributed by atoms with Crippen molar-refractivity contribution in [2.45, 2.75) is 6.42 Å². The van der Waals surface area contributed by atoms with Crippen LogP contribution < -0.4 is 19.5 Å². The van der Waals surface area contributed by atoms with Crippen LogP contribution in [0.1, 0.15) is 5.56 Å². The molecule has 1 aliphatic rings. The number of benzene rings is 1. The van der Waals surface area contributed by atoms with Crippen LogP contribution in [-0.2, 0) is 21.2 Å². The quantitative estimate of drug-likeness (QED) is 0.614. The number of anilines is 1. The number of ether oxygens (including phenoxy) is 2. The van der Waals surface area contributed by atoms with Crippen molar-refractivity contribution in [3.05, 3.63) is 54.4 Å². The lowest BCUT2D eigenvalue weighted by atomic mass is 10.1. The molecular formula is C18H18N4O5S. The summed E-state index contributed by atoms with van der Waals surface area (Å²) in [4.78, 5) is 12.1. The molecule has 0 bridgehead atoms. The average molecular weight is 402 g/mol. The van der Waals surface area contributed by atoms with Crippen molar-refractivity contribution < 1.29 is 22.7 Å². The first-order valence-corrected chi connectivity index (χ1v) is 10.2. The van der Waals surface area contributed by atoms with E-state index in [0.29, 0.717) is 17.2 Å². The summed E-state index contributed by atoms with van der Waals surface area (Å²) >= 11 is 0. The molecule has 9 nitrogen and oxygen atoms in total. The van der Waals surface area contributed by atoms with Crippen LogP contribution in [-0.4, -0.2) is 43.0 Å². The summed E-state index contributed by atoms with van der Waals surface area (Å²) in [6.45, 7) is 0.178. The maximum atomic E-state index is 12.2. The van der Waals surface area contributed by atoms with Crippen LogP contribution in [0.2, 0.25) is 0 Å². The molecule has 0 radical (unpaired) electrons. The molecule has 0 unspecified atom stereocenters. The van der Waals surface area contributed by atoms with Gasteiger partial charge < -0.3 is 14.8 Å². The number of carbonyl (C=O) groups is 1. The van der Waals surface area contributed by atoms with Crippen LogP contribution in [0.15, 0.2) is 48.8 Å². The lowest BCUT2D eigenvalue weighted by Gasteiger charge is -2.09. The first kappa shape index (κ1) is 18.1. The van der Waals surface area contributed by atoms with Crippen LogP contribution in [0.25, 0.3) is 5.52 Å². The number of sulfonamides is 1. The van der Waals surface area contributed by atoms with Crippen LogP contribution in [0.3, 0.4) is 0 Å². The number of nitrogens with zero attached hydrogens (tertiary/aromatic N) is 2. The molecule has 0 spiro atoms. The van der Waals surface area contributed by atoms with E-state index in [9.17, 15) is 13.2 Å². The molecule has 0 fully saturated rings. The van der Waals surface area contributed by atoms with Crippen molar-refractivity contribution in [2.24, 2.45) is 0 Å². The van der Waals surface area contributed by atoms with E-state index in [0.717, 1.165) is 11.1 Å². The van der Waals surface area contributed by atoms with Crippen LogP contribution in [0.5, 0.6) is 11.5 Å². The molecule has 0 aliphatic carbocycles. The third kappa shape index (κ3) is 4.17. The highest BCUT2D eigenvalue weighted by Gasteiger charge is 2.15. The number of carbonyl (C=O) groups excluding carboxylic acids is 1. The third-order valence-electron chi connectivity index (χ3n) is 4.17. The molecule has 10 heteroatoms. The largest absolute Gasteiger partial charge is 0.454 e. The molecule has 2 N–H and O–H groups in total. The summed E-state index contributed by atoms with van der Waals surface area (Å²) in [7, 11) is -3.59. The summed E-state index contributed by atoms with van der Waals surface area (Å²) in [5.41, 5.74) is 1.98. The molecule has 1 aliphatic heterocycles. The van der Waals surface area contributed by atoms with Gasteiger partial charge in [-0.1, -0.05) is 6.07 Å². The Morgan fingerprint density at radius 2 is 2.00 bits per heavy atom. The van der Waals surface area contributed by atoms with Gasteiger partial charge in [-0.2, -0.15) is 5.10 Å². The second-order valence-corrected chi connectivity index (χ2v) is 8.09. The highest BCUT2D eigenvalue weighted by atomic mass is 32.2. The molecule has 146 valence electrons. The van der Waals surface area contributed by atoms with Crippen LogP contribution in [0.4, 0.5) is 5.69 Å². The summed E-state index contributed by atoms with van der Waals surface area (Å²) in [5.74, 6) is 0.752. The van der Waals surface area contributed by atoms with E-state index in [1.54, 1.807) is 53.3 Å². The Bertz CT molecular complexity index is 1130. The fraction of sp³-hybridized carbons (Fsp3) is 0.222. The summed E-state index contributed by atoms with van der Waals surface area (Å²) < 4.78 is 39.1. The smallest absolute Gasteiger partial charge is 0.234 e. The summed E-state index contributed by atoms with van der Waals surface area (Å²) in [6, 6.07) is 10.3. The maximum absolute atomic E-state index is 12.2. The molecule has 3 aromatic rings. The van der Waals surface area contributed by atoms with Gasteiger partial charge in [-0.15, -0.1) is 0 Å². The van der Waals surface area contributed by atoms with E-state index >= 15 is 0 Å². The molecule has 0 saturated carbocycles. The molecule has 3 heterocycles. The van der Waals surface area contributed by atoms with E-state index in [4.69, 9.17) is 9.47 Å². The van der Waals surface area contributed by atoms with Crippen molar-refractivity contribution in [2.75, 3.05) is 23.8 Å². The Morgan fingerprint density at radius 3 is 2.89 bits per heavy atom. The van der Waals surface area contributed by atoms with Gasteiger partial charge in [0.15, 0.2) is 11.5 Å².